The van der Waals surface area contributed by atoms with E-state index in [9.17, 15) is 14.0 Å². The molecule has 1 saturated carbocycles. The van der Waals surface area contributed by atoms with Gasteiger partial charge < -0.3 is 10.1 Å². The van der Waals surface area contributed by atoms with E-state index in [0.717, 1.165) is 18.4 Å². The largest absolute Gasteiger partial charge is 0.485 e. The smallest absolute Gasteiger partial charge is 0.343 e. The molecule has 1 aliphatic rings. The van der Waals surface area contributed by atoms with Crippen LogP contribution in [-0.4, -0.2) is 26.7 Å². The molecule has 0 saturated heterocycles. The van der Waals surface area contributed by atoms with Crippen molar-refractivity contribution in [3.8, 4) is 16.9 Å². The van der Waals surface area contributed by atoms with Crippen LogP contribution in [0.3, 0.4) is 0 Å². The normalized spacial score (nSPS) is 13.3. The Morgan fingerprint density at radius 3 is 2.77 bits per heavy atom. The molecule has 0 radical (unpaired) electrons. The zero-order valence-corrected chi connectivity index (χ0v) is 17.2. The van der Waals surface area contributed by atoms with E-state index in [1.807, 2.05) is 0 Å². The van der Waals surface area contributed by atoms with Crippen molar-refractivity contribution in [3.05, 3.63) is 68.6 Å². The second kappa shape index (κ2) is 7.95. The van der Waals surface area contributed by atoms with Crippen LogP contribution in [0.25, 0.3) is 11.1 Å². The Morgan fingerprint density at radius 2 is 2.10 bits per heavy atom. The van der Waals surface area contributed by atoms with E-state index in [2.05, 4.69) is 15.5 Å². The first-order valence-corrected chi connectivity index (χ1v) is 9.85. The number of nitrogens with one attached hydrogen (secondary N) is 2. The number of hydrogen-bond donors (Lipinski definition) is 2. The lowest BCUT2D eigenvalue weighted by Crippen LogP contribution is -2.25. The number of aromatic amines is 1. The van der Waals surface area contributed by atoms with Gasteiger partial charge in [0.25, 0.3) is 5.91 Å². The predicted octanol–water partition coefficient (Wildman–Crippen LogP) is 3.35. The van der Waals surface area contributed by atoms with Gasteiger partial charge >= 0.3 is 5.69 Å². The van der Waals surface area contributed by atoms with Crippen LogP contribution in [0, 0.1) is 12.7 Å². The molecular formula is C21H20ClFN4O3. The highest BCUT2D eigenvalue weighted by Gasteiger charge is 2.24. The van der Waals surface area contributed by atoms with E-state index >= 15 is 0 Å². The van der Waals surface area contributed by atoms with Crippen molar-refractivity contribution in [2.45, 2.75) is 32.4 Å². The van der Waals surface area contributed by atoms with E-state index in [4.69, 9.17) is 16.3 Å². The third-order valence-corrected chi connectivity index (χ3v) is 5.43. The van der Waals surface area contributed by atoms with Crippen molar-refractivity contribution in [1.29, 1.82) is 0 Å². The second-order valence-corrected chi connectivity index (χ2v) is 7.74. The molecule has 0 bridgehead atoms. The van der Waals surface area contributed by atoms with Crippen LogP contribution < -0.4 is 15.7 Å². The Hall–Kier alpha value is -3.13. The third kappa shape index (κ3) is 4.09. The van der Waals surface area contributed by atoms with Gasteiger partial charge in [0.1, 0.15) is 18.2 Å². The average molecular weight is 431 g/mol. The topological polar surface area (TPSA) is 89.0 Å². The molecule has 2 aromatic carbocycles. The fourth-order valence-electron chi connectivity index (χ4n) is 3.01. The van der Waals surface area contributed by atoms with Crippen molar-refractivity contribution in [3.63, 3.8) is 0 Å². The molecule has 7 nitrogen and oxygen atoms in total. The summed E-state index contributed by atoms with van der Waals surface area (Å²) in [6.07, 6.45) is 1.92. The lowest BCUT2D eigenvalue weighted by Gasteiger charge is -2.15. The molecule has 0 aliphatic heterocycles. The first-order chi connectivity index (χ1) is 14.3. The minimum atomic E-state index is -0.505. The number of rotatable bonds is 6. The summed E-state index contributed by atoms with van der Waals surface area (Å²) in [6.45, 7) is 1.80. The van der Waals surface area contributed by atoms with Gasteiger partial charge in [0, 0.05) is 34.8 Å². The number of halogens is 2. The number of aryl methyl sites for hydroxylation is 1. The number of ether oxygens (including phenoxy) is 1. The summed E-state index contributed by atoms with van der Waals surface area (Å²) in [4.78, 5) is 24.0. The van der Waals surface area contributed by atoms with Crippen LogP contribution in [0.4, 0.5) is 4.39 Å². The van der Waals surface area contributed by atoms with E-state index < -0.39 is 5.82 Å². The van der Waals surface area contributed by atoms with Crippen molar-refractivity contribution in [2.75, 3.05) is 0 Å². The molecule has 4 rings (SSSR count). The molecule has 1 heterocycles. The van der Waals surface area contributed by atoms with Crippen LogP contribution in [0.1, 0.15) is 34.6 Å². The minimum absolute atomic E-state index is 0.00715. The number of carbonyl (C=O) groups excluding carboxylic acids is 1. The number of benzene rings is 2. The molecule has 156 valence electrons. The molecule has 1 amide bonds. The highest BCUT2D eigenvalue weighted by molar-refractivity contribution is 6.31. The van der Waals surface area contributed by atoms with E-state index in [0.29, 0.717) is 27.7 Å². The van der Waals surface area contributed by atoms with Gasteiger partial charge in [-0.25, -0.2) is 14.3 Å². The molecule has 0 atom stereocenters. The standard InChI is InChI=1S/C21H20ClFN4O3/c1-11-7-18(30-10-19-25-26-21(29)27(19)2)15(9-16(11)22)14-8-12(3-6-17(14)23)20(28)24-13-4-5-13/h3,6-9,13H,4-5,10H2,1-2H3,(H,24,28)(H,26,29). The summed E-state index contributed by atoms with van der Waals surface area (Å²) >= 11 is 6.29. The Morgan fingerprint density at radius 1 is 1.33 bits per heavy atom. The summed E-state index contributed by atoms with van der Waals surface area (Å²) in [5, 5.41) is 9.59. The fraction of sp³-hybridized carbons (Fsp3) is 0.286. The van der Waals surface area contributed by atoms with Crippen LogP contribution in [0.2, 0.25) is 5.02 Å². The van der Waals surface area contributed by atoms with E-state index in [1.165, 1.54) is 22.8 Å². The molecule has 2 N–H and O–H groups in total. The average Bonchev–Trinajstić information content (AvgIpc) is 3.48. The van der Waals surface area contributed by atoms with Crippen LogP contribution in [-0.2, 0) is 13.7 Å². The number of hydrogen-bond acceptors (Lipinski definition) is 4. The highest BCUT2D eigenvalue weighted by atomic mass is 35.5. The maximum absolute atomic E-state index is 14.7. The molecule has 9 heteroatoms. The Bertz CT molecular complexity index is 1180. The van der Waals surface area contributed by atoms with Crippen LogP contribution in [0.5, 0.6) is 5.75 Å². The molecule has 30 heavy (non-hydrogen) atoms. The van der Waals surface area contributed by atoms with Gasteiger partial charge in [-0.15, -0.1) is 0 Å². The lowest BCUT2D eigenvalue weighted by molar-refractivity contribution is 0.0951. The number of aromatic nitrogens is 3. The van der Waals surface area contributed by atoms with E-state index in [1.54, 1.807) is 26.1 Å². The summed E-state index contributed by atoms with van der Waals surface area (Å²) in [6, 6.07) is 7.69. The Labute approximate surface area is 176 Å². The van der Waals surface area contributed by atoms with Gasteiger partial charge in [-0.1, -0.05) is 11.6 Å². The summed E-state index contributed by atoms with van der Waals surface area (Å²) in [5.74, 6) is 0.00319. The number of H-pyrrole nitrogens is 1. The van der Waals surface area contributed by atoms with Gasteiger partial charge in [-0.05, 0) is 55.7 Å². The van der Waals surface area contributed by atoms with E-state index in [-0.39, 0.29) is 29.8 Å². The molecule has 0 spiro atoms. The van der Waals surface area contributed by atoms with Crippen molar-refractivity contribution in [2.24, 2.45) is 7.05 Å². The highest BCUT2D eigenvalue weighted by Crippen LogP contribution is 2.37. The molecule has 1 aliphatic carbocycles. The first kappa shape index (κ1) is 20.2. The first-order valence-electron chi connectivity index (χ1n) is 9.47. The van der Waals surface area contributed by atoms with Crippen molar-refractivity contribution >= 4 is 17.5 Å². The monoisotopic (exact) mass is 430 g/mol. The van der Waals surface area contributed by atoms with Gasteiger partial charge in [-0.3, -0.25) is 9.36 Å². The Balaban J connectivity index is 1.70. The summed E-state index contributed by atoms with van der Waals surface area (Å²) in [5.41, 5.74) is 1.35. The quantitative estimate of drug-likeness (QED) is 0.627. The molecule has 1 fully saturated rings. The summed E-state index contributed by atoms with van der Waals surface area (Å²) in [7, 11) is 1.57. The van der Waals surface area contributed by atoms with Crippen molar-refractivity contribution in [1.82, 2.24) is 20.1 Å². The van der Waals surface area contributed by atoms with Crippen LogP contribution >= 0.6 is 11.6 Å². The molecule has 1 aromatic heterocycles. The van der Waals surface area contributed by atoms with Crippen molar-refractivity contribution < 1.29 is 13.9 Å². The number of carbonyl (C=O) groups is 1. The number of amides is 1. The minimum Gasteiger partial charge on any atom is -0.485 e. The van der Waals surface area contributed by atoms with Gasteiger partial charge in [0.15, 0.2) is 5.82 Å². The third-order valence-electron chi connectivity index (χ3n) is 5.02. The number of nitrogens with zero attached hydrogens (tertiary/aromatic N) is 2. The maximum Gasteiger partial charge on any atom is 0.343 e. The van der Waals surface area contributed by atoms with Gasteiger partial charge in [-0.2, -0.15) is 5.10 Å². The fourth-order valence-corrected chi connectivity index (χ4v) is 3.17. The van der Waals surface area contributed by atoms with Gasteiger partial charge in [0.05, 0.1) is 0 Å². The zero-order valence-electron chi connectivity index (χ0n) is 16.5. The molecule has 0 unspecified atom stereocenters. The summed E-state index contributed by atoms with van der Waals surface area (Å²) < 4.78 is 21.9. The molecule has 3 aromatic rings. The van der Waals surface area contributed by atoms with Crippen LogP contribution in [0.15, 0.2) is 35.1 Å². The molecular weight excluding hydrogens is 411 g/mol. The maximum atomic E-state index is 14.7. The lowest BCUT2D eigenvalue weighted by atomic mass is 9.99. The SMILES string of the molecule is Cc1cc(OCc2n[nH]c(=O)n2C)c(-c2cc(C(=O)NC3CC3)ccc2F)cc1Cl. The van der Waals surface area contributed by atoms with Gasteiger partial charge in [0.2, 0.25) is 0 Å². The Kier molecular flexibility index (Phi) is 5.34. The predicted molar refractivity (Wildman–Crippen MR) is 110 cm³/mol. The second-order valence-electron chi connectivity index (χ2n) is 7.33. The zero-order chi connectivity index (χ0) is 21.4.